The second kappa shape index (κ2) is 7.09. The zero-order valence-electron chi connectivity index (χ0n) is 11.8. The predicted octanol–water partition coefficient (Wildman–Crippen LogP) is 2.54. The van der Waals surface area contributed by atoms with E-state index in [0.29, 0.717) is 11.7 Å². The van der Waals surface area contributed by atoms with Crippen LogP contribution < -0.4 is 5.32 Å². The van der Waals surface area contributed by atoms with Gasteiger partial charge in [-0.3, -0.25) is 14.5 Å². The first-order chi connectivity index (χ1) is 10.0. The molecule has 0 bridgehead atoms. The summed E-state index contributed by atoms with van der Waals surface area (Å²) in [6.45, 7) is 2.42. The first kappa shape index (κ1) is 16.0. The Bertz CT molecular complexity index is 574. The van der Waals surface area contributed by atoms with Gasteiger partial charge in [-0.2, -0.15) is 0 Å². The summed E-state index contributed by atoms with van der Waals surface area (Å²) in [5.41, 5.74) is 0.777. The molecule has 2 rings (SSSR count). The van der Waals surface area contributed by atoms with Gasteiger partial charge in [0.2, 0.25) is 11.8 Å². The Balaban J connectivity index is 2.10. The van der Waals surface area contributed by atoms with Crippen LogP contribution in [0.1, 0.15) is 13.3 Å². The summed E-state index contributed by atoms with van der Waals surface area (Å²) in [4.78, 5) is 29.7. The number of carbonyl (C=O) groups excluding carboxylic acids is 2. The first-order valence-corrected chi connectivity index (χ1v) is 8.23. The molecule has 1 N–H and O–H groups in total. The van der Waals surface area contributed by atoms with Gasteiger partial charge >= 0.3 is 0 Å². The molecule has 1 aliphatic heterocycles. The molecular weight excluding hydrogens is 354 g/mol. The highest BCUT2D eigenvalue weighted by atomic mass is 79.9. The van der Waals surface area contributed by atoms with Crippen LogP contribution in [-0.2, 0) is 9.59 Å². The van der Waals surface area contributed by atoms with E-state index >= 15 is 0 Å². The summed E-state index contributed by atoms with van der Waals surface area (Å²) in [5, 5.41) is 2.94. The minimum absolute atomic E-state index is 0.0814. The number of amides is 2. The molecule has 1 fully saturated rings. The zero-order valence-corrected chi connectivity index (χ0v) is 14.2. The third-order valence-corrected chi connectivity index (χ3v) is 4.69. The van der Waals surface area contributed by atoms with Crippen LogP contribution in [0.5, 0.6) is 0 Å². The number of hydrogen-bond donors (Lipinski definition) is 1. The molecule has 7 heteroatoms. The standard InChI is InChI=1S/C14H16BrN3O2S/c1-3-16-12(19)8-11-13(20)18(2)14(21-11)17-10-6-4-9(15)5-7-10/h4-7,11H,3,8H2,1-2H3,(H,16,19)/t11-/m0/s1. The maximum atomic E-state index is 12.1. The van der Waals surface area contributed by atoms with Crippen molar-refractivity contribution in [2.24, 2.45) is 4.99 Å². The molecular formula is C14H16BrN3O2S. The molecule has 21 heavy (non-hydrogen) atoms. The molecule has 0 radical (unpaired) electrons. The maximum absolute atomic E-state index is 12.1. The monoisotopic (exact) mass is 369 g/mol. The molecule has 0 saturated carbocycles. The average molecular weight is 370 g/mol. The van der Waals surface area contributed by atoms with Gasteiger partial charge in [0, 0.05) is 24.5 Å². The Labute approximate surface area is 136 Å². The Morgan fingerprint density at radius 3 is 2.71 bits per heavy atom. The molecule has 1 saturated heterocycles. The third-order valence-electron chi connectivity index (χ3n) is 2.94. The van der Waals surface area contributed by atoms with Gasteiger partial charge in [0.15, 0.2) is 5.17 Å². The van der Waals surface area contributed by atoms with E-state index in [9.17, 15) is 9.59 Å². The van der Waals surface area contributed by atoms with Crippen molar-refractivity contribution in [3.63, 3.8) is 0 Å². The highest BCUT2D eigenvalue weighted by molar-refractivity contribution is 9.10. The summed E-state index contributed by atoms with van der Waals surface area (Å²) < 4.78 is 0.976. The Kier molecular flexibility index (Phi) is 5.41. The minimum atomic E-state index is -0.393. The number of nitrogens with one attached hydrogen (secondary N) is 1. The second-order valence-corrected chi connectivity index (χ2v) is 6.62. The lowest BCUT2D eigenvalue weighted by atomic mass is 10.2. The van der Waals surface area contributed by atoms with Gasteiger partial charge < -0.3 is 5.32 Å². The van der Waals surface area contributed by atoms with Gasteiger partial charge in [0.05, 0.1) is 5.69 Å². The average Bonchev–Trinajstić information content (AvgIpc) is 2.70. The largest absolute Gasteiger partial charge is 0.356 e. The van der Waals surface area contributed by atoms with E-state index in [-0.39, 0.29) is 18.2 Å². The van der Waals surface area contributed by atoms with E-state index in [1.807, 2.05) is 31.2 Å². The topological polar surface area (TPSA) is 61.8 Å². The molecule has 1 aliphatic rings. The van der Waals surface area contributed by atoms with Crippen LogP contribution in [0.4, 0.5) is 5.69 Å². The molecule has 0 aromatic heterocycles. The molecule has 1 aromatic rings. The number of hydrogen-bond acceptors (Lipinski definition) is 4. The van der Waals surface area contributed by atoms with Gasteiger partial charge in [-0.25, -0.2) is 4.99 Å². The van der Waals surface area contributed by atoms with Crippen LogP contribution in [-0.4, -0.2) is 40.7 Å². The number of aliphatic imine (C=N–C) groups is 1. The molecule has 0 unspecified atom stereocenters. The first-order valence-electron chi connectivity index (χ1n) is 6.56. The van der Waals surface area contributed by atoms with Gasteiger partial charge in [0.25, 0.3) is 0 Å². The van der Waals surface area contributed by atoms with Crippen molar-refractivity contribution in [2.75, 3.05) is 13.6 Å². The van der Waals surface area contributed by atoms with Crippen molar-refractivity contribution in [3.8, 4) is 0 Å². The summed E-state index contributed by atoms with van der Waals surface area (Å²) in [5.74, 6) is -0.191. The molecule has 2 amide bonds. The number of benzene rings is 1. The van der Waals surface area contributed by atoms with Crippen LogP contribution in [0.25, 0.3) is 0 Å². The van der Waals surface area contributed by atoms with Crippen molar-refractivity contribution in [2.45, 2.75) is 18.6 Å². The van der Waals surface area contributed by atoms with E-state index in [4.69, 9.17) is 0 Å². The summed E-state index contributed by atoms with van der Waals surface area (Å²) >= 11 is 4.70. The van der Waals surface area contributed by atoms with E-state index in [2.05, 4.69) is 26.2 Å². The van der Waals surface area contributed by atoms with E-state index < -0.39 is 5.25 Å². The van der Waals surface area contributed by atoms with Gasteiger partial charge in [-0.15, -0.1) is 0 Å². The quantitative estimate of drug-likeness (QED) is 0.886. The summed E-state index contributed by atoms with van der Waals surface area (Å²) in [6, 6.07) is 7.53. The SMILES string of the molecule is CCNC(=O)C[C@@H]1SC(=Nc2ccc(Br)cc2)N(C)C1=O. The zero-order chi connectivity index (χ0) is 15.4. The van der Waals surface area contributed by atoms with Gasteiger partial charge in [0.1, 0.15) is 5.25 Å². The molecule has 1 atom stereocenters. The summed E-state index contributed by atoms with van der Waals surface area (Å²) in [7, 11) is 1.69. The Hall–Kier alpha value is -1.34. The van der Waals surface area contributed by atoms with E-state index in [1.165, 1.54) is 16.7 Å². The molecule has 0 aliphatic carbocycles. The number of thioether (sulfide) groups is 1. The third kappa shape index (κ3) is 4.07. The van der Waals surface area contributed by atoms with Gasteiger partial charge in [-0.05, 0) is 31.2 Å². The van der Waals surface area contributed by atoms with Crippen LogP contribution >= 0.6 is 27.7 Å². The fourth-order valence-electron chi connectivity index (χ4n) is 1.86. The van der Waals surface area contributed by atoms with Gasteiger partial charge in [-0.1, -0.05) is 27.7 Å². The molecule has 112 valence electrons. The smallest absolute Gasteiger partial charge is 0.242 e. The lowest BCUT2D eigenvalue weighted by molar-refractivity contribution is -0.128. The predicted molar refractivity (Wildman–Crippen MR) is 88.7 cm³/mol. The lowest BCUT2D eigenvalue weighted by Crippen LogP contribution is -2.32. The molecule has 1 aromatic carbocycles. The highest BCUT2D eigenvalue weighted by Crippen LogP contribution is 2.30. The highest BCUT2D eigenvalue weighted by Gasteiger charge is 2.36. The maximum Gasteiger partial charge on any atom is 0.242 e. The van der Waals surface area contributed by atoms with Crippen molar-refractivity contribution in [1.29, 1.82) is 0 Å². The number of amidine groups is 1. The number of halogens is 1. The van der Waals surface area contributed by atoms with Crippen LogP contribution in [0, 0.1) is 0 Å². The fourth-order valence-corrected chi connectivity index (χ4v) is 3.28. The lowest BCUT2D eigenvalue weighted by Gasteiger charge is -2.08. The molecule has 1 heterocycles. The van der Waals surface area contributed by atoms with Crippen molar-refractivity contribution in [1.82, 2.24) is 10.2 Å². The van der Waals surface area contributed by atoms with Crippen LogP contribution in [0.15, 0.2) is 33.7 Å². The summed E-state index contributed by atoms with van der Waals surface area (Å²) in [6.07, 6.45) is 0.182. The normalized spacial score (nSPS) is 20.1. The molecule has 5 nitrogen and oxygen atoms in total. The Morgan fingerprint density at radius 1 is 1.43 bits per heavy atom. The van der Waals surface area contributed by atoms with Crippen molar-refractivity contribution < 1.29 is 9.59 Å². The number of carbonyl (C=O) groups is 2. The van der Waals surface area contributed by atoms with Crippen LogP contribution in [0.3, 0.4) is 0 Å². The Morgan fingerprint density at radius 2 is 2.10 bits per heavy atom. The number of nitrogens with zero attached hydrogens (tertiary/aromatic N) is 2. The molecule has 0 spiro atoms. The minimum Gasteiger partial charge on any atom is -0.356 e. The van der Waals surface area contributed by atoms with E-state index in [1.54, 1.807) is 7.05 Å². The van der Waals surface area contributed by atoms with Crippen molar-refractivity contribution in [3.05, 3.63) is 28.7 Å². The van der Waals surface area contributed by atoms with Crippen LogP contribution in [0.2, 0.25) is 0 Å². The second-order valence-electron chi connectivity index (χ2n) is 4.53. The fraction of sp³-hybridized carbons (Fsp3) is 0.357. The van der Waals surface area contributed by atoms with E-state index in [0.717, 1.165) is 10.2 Å². The number of rotatable bonds is 4. The van der Waals surface area contributed by atoms with Crippen molar-refractivity contribution >= 4 is 50.4 Å².